The van der Waals surface area contributed by atoms with Crippen molar-refractivity contribution in [2.45, 2.75) is 12.0 Å². The molecule has 2 rings (SSSR count). The van der Waals surface area contributed by atoms with E-state index < -0.39 is 5.60 Å². The van der Waals surface area contributed by atoms with Crippen LogP contribution < -0.4 is 5.32 Å². The van der Waals surface area contributed by atoms with E-state index in [0.29, 0.717) is 18.3 Å². The van der Waals surface area contributed by atoms with Crippen molar-refractivity contribution in [3.8, 4) is 0 Å². The van der Waals surface area contributed by atoms with Crippen LogP contribution in [0.15, 0.2) is 24.3 Å². The number of rotatable bonds is 2. The van der Waals surface area contributed by atoms with Gasteiger partial charge in [0.1, 0.15) is 5.60 Å². The van der Waals surface area contributed by atoms with Crippen LogP contribution in [0.25, 0.3) is 6.08 Å². The quantitative estimate of drug-likeness (QED) is 0.717. The summed E-state index contributed by atoms with van der Waals surface area (Å²) in [6.45, 7) is 0. The van der Waals surface area contributed by atoms with E-state index in [1.54, 1.807) is 6.07 Å². The van der Waals surface area contributed by atoms with Gasteiger partial charge in [0, 0.05) is 19.2 Å². The molecular formula is C12H13NO2. The number of aliphatic hydroxyl groups is 1. The Labute approximate surface area is 88.4 Å². The van der Waals surface area contributed by atoms with Crippen LogP contribution in [0.1, 0.15) is 17.5 Å². The van der Waals surface area contributed by atoms with Crippen LogP contribution in [-0.2, 0) is 10.4 Å². The van der Waals surface area contributed by atoms with Crippen molar-refractivity contribution in [1.29, 1.82) is 0 Å². The highest BCUT2D eigenvalue weighted by molar-refractivity contribution is 5.75. The second-order valence-electron chi connectivity index (χ2n) is 3.70. The standard InChI is InChI=1S/C12H13NO2/c1-13-10-4-5-11-9(7-10)3-2-6-12(11,15)8-14/h2-5,7-8,13,15H,6H2,1H3. The third-order valence-corrected chi connectivity index (χ3v) is 2.73. The third-order valence-electron chi connectivity index (χ3n) is 2.73. The molecule has 0 saturated heterocycles. The van der Waals surface area contributed by atoms with Gasteiger partial charge in [0.05, 0.1) is 0 Å². The molecule has 2 N–H and O–H groups in total. The molecule has 0 aliphatic heterocycles. The molecule has 1 atom stereocenters. The SMILES string of the molecule is CNc1ccc2c(c1)C=CCC2(O)C=O. The second-order valence-corrected chi connectivity index (χ2v) is 3.70. The zero-order chi connectivity index (χ0) is 10.9. The third kappa shape index (κ3) is 1.55. The minimum absolute atomic E-state index is 0.350. The van der Waals surface area contributed by atoms with Crippen LogP contribution in [-0.4, -0.2) is 18.4 Å². The molecule has 0 bridgehead atoms. The van der Waals surface area contributed by atoms with E-state index in [9.17, 15) is 9.90 Å². The van der Waals surface area contributed by atoms with Gasteiger partial charge < -0.3 is 10.4 Å². The van der Waals surface area contributed by atoms with Crippen LogP contribution >= 0.6 is 0 Å². The Morgan fingerprint density at radius 1 is 1.53 bits per heavy atom. The van der Waals surface area contributed by atoms with Crippen molar-refractivity contribution in [3.63, 3.8) is 0 Å². The Morgan fingerprint density at radius 2 is 2.33 bits per heavy atom. The molecular weight excluding hydrogens is 190 g/mol. The summed E-state index contributed by atoms with van der Waals surface area (Å²) >= 11 is 0. The van der Waals surface area contributed by atoms with Crippen molar-refractivity contribution < 1.29 is 9.90 Å². The largest absolute Gasteiger partial charge is 0.388 e. The van der Waals surface area contributed by atoms with Crippen LogP contribution in [0.2, 0.25) is 0 Å². The number of benzene rings is 1. The highest BCUT2D eigenvalue weighted by Gasteiger charge is 2.31. The molecule has 0 saturated carbocycles. The normalized spacial score (nSPS) is 23.3. The molecule has 1 unspecified atom stereocenters. The smallest absolute Gasteiger partial charge is 0.156 e. The number of hydrogen-bond donors (Lipinski definition) is 2. The fraction of sp³-hybridized carbons (Fsp3) is 0.250. The lowest BCUT2D eigenvalue weighted by atomic mass is 9.84. The van der Waals surface area contributed by atoms with Gasteiger partial charge in [0.25, 0.3) is 0 Å². The summed E-state index contributed by atoms with van der Waals surface area (Å²) in [4.78, 5) is 10.9. The Balaban J connectivity index is 2.55. The number of carbonyl (C=O) groups is 1. The number of carbonyl (C=O) groups excluding carboxylic acids is 1. The Morgan fingerprint density at radius 3 is 3.00 bits per heavy atom. The monoisotopic (exact) mass is 203 g/mol. The summed E-state index contributed by atoms with van der Waals surface area (Å²) in [5, 5.41) is 13.1. The lowest BCUT2D eigenvalue weighted by Gasteiger charge is -2.26. The van der Waals surface area contributed by atoms with E-state index in [-0.39, 0.29) is 0 Å². The number of hydrogen-bond acceptors (Lipinski definition) is 3. The Hall–Kier alpha value is -1.61. The van der Waals surface area contributed by atoms with Crippen molar-refractivity contribution in [2.24, 2.45) is 0 Å². The van der Waals surface area contributed by atoms with E-state index >= 15 is 0 Å². The topological polar surface area (TPSA) is 49.3 Å². The summed E-state index contributed by atoms with van der Waals surface area (Å²) in [7, 11) is 1.83. The van der Waals surface area contributed by atoms with Crippen molar-refractivity contribution in [2.75, 3.05) is 12.4 Å². The van der Waals surface area contributed by atoms with Gasteiger partial charge in [-0.15, -0.1) is 0 Å². The highest BCUT2D eigenvalue weighted by Crippen LogP contribution is 2.33. The molecule has 0 amide bonds. The second kappa shape index (κ2) is 3.51. The summed E-state index contributed by atoms with van der Waals surface area (Å²) in [6, 6.07) is 5.56. The molecule has 1 aliphatic rings. The molecule has 1 aliphatic carbocycles. The zero-order valence-electron chi connectivity index (χ0n) is 8.53. The molecule has 0 heterocycles. The summed E-state index contributed by atoms with van der Waals surface area (Å²) in [5.74, 6) is 0. The first kappa shape index (κ1) is 9.93. The molecule has 1 aromatic rings. The maximum atomic E-state index is 10.9. The fourth-order valence-electron chi connectivity index (χ4n) is 1.84. The van der Waals surface area contributed by atoms with Gasteiger partial charge in [-0.3, -0.25) is 4.79 Å². The number of anilines is 1. The minimum Gasteiger partial charge on any atom is -0.388 e. The van der Waals surface area contributed by atoms with Crippen LogP contribution in [0, 0.1) is 0 Å². The van der Waals surface area contributed by atoms with Crippen molar-refractivity contribution >= 4 is 18.0 Å². The van der Waals surface area contributed by atoms with E-state index in [1.807, 2.05) is 31.3 Å². The Bertz CT molecular complexity index is 426. The molecule has 1 aromatic carbocycles. The first-order valence-corrected chi connectivity index (χ1v) is 4.87. The molecule has 0 spiro atoms. The summed E-state index contributed by atoms with van der Waals surface area (Å²) in [6.07, 6.45) is 4.70. The van der Waals surface area contributed by atoms with E-state index in [1.165, 1.54) is 0 Å². The number of fused-ring (bicyclic) bond motifs is 1. The van der Waals surface area contributed by atoms with E-state index in [4.69, 9.17) is 0 Å². The molecule has 0 radical (unpaired) electrons. The fourth-order valence-corrected chi connectivity index (χ4v) is 1.84. The van der Waals surface area contributed by atoms with Gasteiger partial charge in [-0.2, -0.15) is 0 Å². The van der Waals surface area contributed by atoms with Gasteiger partial charge in [-0.05, 0) is 23.3 Å². The first-order chi connectivity index (χ1) is 7.19. The summed E-state index contributed by atoms with van der Waals surface area (Å²) in [5.41, 5.74) is 1.19. The molecule has 78 valence electrons. The first-order valence-electron chi connectivity index (χ1n) is 4.87. The van der Waals surface area contributed by atoms with Crippen LogP contribution in [0.3, 0.4) is 0 Å². The molecule has 3 nitrogen and oxygen atoms in total. The predicted octanol–water partition coefficient (Wildman–Crippen LogP) is 1.53. The minimum atomic E-state index is -1.35. The lowest BCUT2D eigenvalue weighted by molar-refractivity contribution is -0.124. The van der Waals surface area contributed by atoms with Crippen molar-refractivity contribution in [3.05, 3.63) is 35.4 Å². The average molecular weight is 203 g/mol. The van der Waals surface area contributed by atoms with Crippen molar-refractivity contribution in [1.82, 2.24) is 0 Å². The maximum Gasteiger partial charge on any atom is 0.156 e. The molecule has 3 heteroatoms. The van der Waals surface area contributed by atoms with Gasteiger partial charge >= 0.3 is 0 Å². The Kier molecular flexibility index (Phi) is 2.32. The highest BCUT2D eigenvalue weighted by atomic mass is 16.3. The predicted molar refractivity (Wildman–Crippen MR) is 59.6 cm³/mol. The number of nitrogens with one attached hydrogen (secondary N) is 1. The molecule has 0 aromatic heterocycles. The summed E-state index contributed by atoms with van der Waals surface area (Å²) < 4.78 is 0. The van der Waals surface area contributed by atoms with Crippen LogP contribution in [0.5, 0.6) is 0 Å². The number of aldehydes is 1. The maximum absolute atomic E-state index is 10.9. The van der Waals surface area contributed by atoms with E-state index in [2.05, 4.69) is 5.32 Å². The van der Waals surface area contributed by atoms with Gasteiger partial charge in [0.2, 0.25) is 0 Å². The van der Waals surface area contributed by atoms with Gasteiger partial charge in [0.15, 0.2) is 6.29 Å². The zero-order valence-corrected chi connectivity index (χ0v) is 8.53. The lowest BCUT2D eigenvalue weighted by Crippen LogP contribution is -2.29. The molecule has 0 fully saturated rings. The van der Waals surface area contributed by atoms with Gasteiger partial charge in [-0.1, -0.05) is 18.2 Å². The van der Waals surface area contributed by atoms with Crippen LogP contribution in [0.4, 0.5) is 5.69 Å². The average Bonchev–Trinajstić information content (AvgIpc) is 2.29. The molecule has 15 heavy (non-hydrogen) atoms. The van der Waals surface area contributed by atoms with E-state index in [0.717, 1.165) is 11.3 Å². The van der Waals surface area contributed by atoms with Gasteiger partial charge in [-0.25, -0.2) is 0 Å².